The van der Waals surface area contributed by atoms with Crippen LogP contribution in [0, 0.1) is 23.7 Å². The van der Waals surface area contributed by atoms with Gasteiger partial charge in [-0.05, 0) is 109 Å². The van der Waals surface area contributed by atoms with E-state index in [9.17, 15) is 23.9 Å². The minimum absolute atomic E-state index is 0.0925. The number of benzene rings is 1. The number of aryl methyl sites for hydroxylation is 1. The van der Waals surface area contributed by atoms with Crippen molar-refractivity contribution in [2.24, 2.45) is 36.5 Å². The third kappa shape index (κ3) is 6.96. The Kier molecular flexibility index (Phi) is 11.2. The highest BCUT2D eigenvalue weighted by Crippen LogP contribution is 2.56. The molecule has 4 N–H and O–H groups in total. The molecule has 50 heavy (non-hydrogen) atoms. The van der Waals surface area contributed by atoms with Crippen LogP contribution in [0.4, 0.5) is 9.18 Å². The van der Waals surface area contributed by atoms with Crippen molar-refractivity contribution in [1.29, 1.82) is 0 Å². The summed E-state index contributed by atoms with van der Waals surface area (Å²) in [4.78, 5) is 56.2. The van der Waals surface area contributed by atoms with Gasteiger partial charge >= 0.3 is 12.1 Å². The molecule has 5 rings (SSSR count). The fourth-order valence-electron chi connectivity index (χ4n) is 9.54. The summed E-state index contributed by atoms with van der Waals surface area (Å²) in [7, 11) is 3.43. The first kappa shape index (κ1) is 37.6. The summed E-state index contributed by atoms with van der Waals surface area (Å²) in [5.41, 5.74) is 5.71. The maximum Gasteiger partial charge on any atom is 0.407 e. The van der Waals surface area contributed by atoms with Crippen LogP contribution in [-0.2, 0) is 26.1 Å². The van der Waals surface area contributed by atoms with Crippen LogP contribution in [0.5, 0.6) is 0 Å². The molecule has 4 atom stereocenters. The number of hydrogen-bond donors (Lipinski definition) is 3. The zero-order chi connectivity index (χ0) is 36.5. The van der Waals surface area contributed by atoms with E-state index in [4.69, 9.17) is 15.2 Å². The van der Waals surface area contributed by atoms with Crippen molar-refractivity contribution in [1.82, 2.24) is 14.8 Å². The maximum absolute atomic E-state index is 15.1. The van der Waals surface area contributed by atoms with Gasteiger partial charge in [-0.3, -0.25) is 9.59 Å². The summed E-state index contributed by atoms with van der Waals surface area (Å²) >= 11 is 0. The van der Waals surface area contributed by atoms with Gasteiger partial charge in [0.05, 0.1) is 18.2 Å². The Labute approximate surface area is 294 Å². The molecule has 1 aromatic heterocycles. The second-order valence-electron chi connectivity index (χ2n) is 15.6. The largest absolute Gasteiger partial charge is 0.477 e. The number of nitrogens with one attached hydrogen (secondary N) is 1. The molecule has 2 aromatic rings. The number of alkyl halides is 1. The number of ether oxygens (including phenoxy) is 2. The predicted octanol–water partition coefficient (Wildman–Crippen LogP) is 6.27. The highest BCUT2D eigenvalue weighted by atomic mass is 19.1. The van der Waals surface area contributed by atoms with Crippen LogP contribution in [-0.4, -0.2) is 75.5 Å². The van der Waals surface area contributed by atoms with E-state index < -0.39 is 53.8 Å². The summed E-state index contributed by atoms with van der Waals surface area (Å²) < 4.78 is 26.9. The van der Waals surface area contributed by atoms with E-state index in [2.05, 4.69) is 5.32 Å². The van der Waals surface area contributed by atoms with Crippen LogP contribution in [0.15, 0.2) is 24.3 Å². The quantitative estimate of drug-likeness (QED) is 0.264. The Morgan fingerprint density at radius 2 is 1.70 bits per heavy atom. The lowest BCUT2D eigenvalue weighted by Gasteiger charge is -2.46. The molecule has 0 bridgehead atoms. The van der Waals surface area contributed by atoms with E-state index in [1.165, 1.54) is 0 Å². The third-order valence-corrected chi connectivity index (χ3v) is 11.9. The first-order chi connectivity index (χ1) is 23.7. The molecule has 12 heteroatoms. The molecule has 1 aromatic carbocycles. The van der Waals surface area contributed by atoms with Crippen molar-refractivity contribution in [3.8, 4) is 0 Å². The van der Waals surface area contributed by atoms with Gasteiger partial charge in [0.15, 0.2) is 0 Å². The molecule has 1 saturated heterocycles. The SMILES string of the molecule is CC[C@@]1(C(N)=O)[C@H](C2CCC(OC)CC2)CC(c2c(C(=O)O)n(C)c3ccccc23)N1C(=O)[C@H]1CC[C@H](C(CF)NC(=O)OC(C)(C)C)CC1. The molecule has 0 radical (unpaired) electrons. The number of amides is 3. The van der Waals surface area contributed by atoms with Gasteiger partial charge < -0.3 is 35.1 Å². The van der Waals surface area contributed by atoms with Crippen LogP contribution in [0.25, 0.3) is 10.9 Å². The molecule has 2 saturated carbocycles. The monoisotopic (exact) mass is 698 g/mol. The normalized spacial score (nSPS) is 29.5. The second-order valence-corrected chi connectivity index (χ2v) is 15.6. The molecule has 2 unspecified atom stereocenters. The number of alkyl carbamates (subject to hydrolysis) is 1. The number of carboxylic acid groups (broad SMARTS) is 1. The first-order valence-corrected chi connectivity index (χ1v) is 18.2. The highest BCUT2D eigenvalue weighted by Gasteiger charge is 2.62. The molecule has 3 aliphatic rings. The van der Waals surface area contributed by atoms with E-state index in [-0.39, 0.29) is 35.5 Å². The summed E-state index contributed by atoms with van der Waals surface area (Å²) in [5, 5.41) is 14.0. The number of hydrogen-bond acceptors (Lipinski definition) is 6. The Hall–Kier alpha value is -3.67. The average molecular weight is 699 g/mol. The number of halogens is 1. The molecular weight excluding hydrogens is 643 g/mol. The zero-order valence-corrected chi connectivity index (χ0v) is 30.4. The number of carbonyl (C=O) groups excluding carboxylic acids is 3. The number of nitrogens with two attached hydrogens (primary N) is 1. The Bertz CT molecular complexity index is 1570. The van der Waals surface area contributed by atoms with Crippen LogP contribution in [0.3, 0.4) is 0 Å². The topological polar surface area (TPSA) is 153 Å². The molecule has 11 nitrogen and oxygen atoms in total. The van der Waals surface area contributed by atoms with Gasteiger partial charge in [-0.2, -0.15) is 0 Å². The number of primary amides is 1. The number of methoxy groups -OCH3 is 1. The minimum atomic E-state index is -1.32. The molecule has 3 amide bonds. The third-order valence-electron chi connectivity index (χ3n) is 11.9. The molecule has 276 valence electrons. The van der Waals surface area contributed by atoms with E-state index in [1.807, 2.05) is 31.2 Å². The number of nitrogens with zero attached hydrogens (tertiary/aromatic N) is 2. The molecule has 0 spiro atoms. The van der Waals surface area contributed by atoms with Gasteiger partial charge in [0.1, 0.15) is 23.5 Å². The van der Waals surface area contributed by atoms with Gasteiger partial charge in [0.25, 0.3) is 0 Å². The smallest absolute Gasteiger partial charge is 0.407 e. The van der Waals surface area contributed by atoms with E-state index in [1.54, 1.807) is 44.4 Å². The van der Waals surface area contributed by atoms with Gasteiger partial charge in [0.2, 0.25) is 11.8 Å². The summed E-state index contributed by atoms with van der Waals surface area (Å²) in [6, 6.07) is 6.02. The standard InChI is InChI=1S/C38H55FN4O7/c1-7-38(35(40)47)27(22-16-18-25(49-6)19-17-22)20-30(31-26-10-8-9-11-29(26)42(5)32(31)34(45)46)43(38)33(44)24-14-12-23(13-15-24)28(21-39)41-36(48)50-37(2,3)4/h8-11,22-25,27-28,30H,7,12-21H2,1-6H3,(H2,40,47)(H,41,48)(H,45,46)/t22?,23-,24-,25?,27-,28?,30?,38-/m0/s1. The number of rotatable bonds is 10. The van der Waals surface area contributed by atoms with Crippen LogP contribution in [0.1, 0.15) is 114 Å². The fraction of sp³-hybridized carbons (Fsp3) is 0.684. The molecular formula is C38H55FN4O7. The lowest BCUT2D eigenvalue weighted by molar-refractivity contribution is -0.153. The van der Waals surface area contributed by atoms with Gasteiger partial charge in [-0.15, -0.1) is 0 Å². The number of carboxylic acids is 1. The van der Waals surface area contributed by atoms with Crippen molar-refractivity contribution < 1.29 is 38.1 Å². The van der Waals surface area contributed by atoms with Crippen molar-refractivity contribution in [3.05, 3.63) is 35.5 Å². The maximum atomic E-state index is 15.1. The van der Waals surface area contributed by atoms with E-state index >= 15 is 4.79 Å². The summed E-state index contributed by atoms with van der Waals surface area (Å²) in [5.74, 6) is -2.75. The van der Waals surface area contributed by atoms with Crippen LogP contribution >= 0.6 is 0 Å². The Morgan fingerprint density at radius 3 is 2.24 bits per heavy atom. The molecule has 1 aliphatic heterocycles. The fourth-order valence-corrected chi connectivity index (χ4v) is 9.54. The second kappa shape index (κ2) is 14.9. The Balaban J connectivity index is 1.53. The predicted molar refractivity (Wildman–Crippen MR) is 187 cm³/mol. The van der Waals surface area contributed by atoms with Gasteiger partial charge in [0, 0.05) is 36.5 Å². The lowest BCUT2D eigenvalue weighted by Crippen LogP contribution is -2.61. The van der Waals surface area contributed by atoms with Gasteiger partial charge in [-0.25, -0.2) is 14.0 Å². The molecule has 3 fully saturated rings. The highest BCUT2D eigenvalue weighted by molar-refractivity contribution is 6.00. The Morgan fingerprint density at radius 1 is 1.06 bits per heavy atom. The zero-order valence-electron chi connectivity index (χ0n) is 30.4. The number of aromatic nitrogens is 1. The molecule has 2 heterocycles. The van der Waals surface area contributed by atoms with E-state index in [0.29, 0.717) is 44.1 Å². The number of fused-ring (bicyclic) bond motifs is 1. The van der Waals surface area contributed by atoms with Gasteiger partial charge in [-0.1, -0.05) is 25.1 Å². The number of para-hydroxylation sites is 1. The number of likely N-dealkylation sites (tertiary alicyclic amines) is 1. The van der Waals surface area contributed by atoms with Crippen LogP contribution < -0.4 is 11.1 Å². The average Bonchev–Trinajstić information content (AvgIpc) is 3.59. The van der Waals surface area contributed by atoms with Crippen molar-refractivity contribution >= 4 is 34.8 Å². The summed E-state index contributed by atoms with van der Waals surface area (Å²) in [6.45, 7) is 6.37. The van der Waals surface area contributed by atoms with Crippen molar-refractivity contribution in [3.63, 3.8) is 0 Å². The van der Waals surface area contributed by atoms with Crippen molar-refractivity contribution in [2.45, 2.75) is 121 Å². The molecule has 2 aliphatic carbocycles. The van der Waals surface area contributed by atoms with Crippen molar-refractivity contribution in [2.75, 3.05) is 13.8 Å². The lowest BCUT2D eigenvalue weighted by atomic mass is 9.68. The summed E-state index contributed by atoms with van der Waals surface area (Å²) in [6.07, 6.45) is 5.32. The van der Waals surface area contributed by atoms with Crippen LogP contribution in [0.2, 0.25) is 0 Å². The number of aromatic carboxylic acids is 1. The first-order valence-electron chi connectivity index (χ1n) is 18.2. The number of carbonyl (C=O) groups is 4. The minimum Gasteiger partial charge on any atom is -0.477 e. The van der Waals surface area contributed by atoms with E-state index in [0.717, 1.165) is 36.6 Å².